The van der Waals surface area contributed by atoms with Gasteiger partial charge in [0.05, 0.1) is 11.8 Å². The molecule has 0 aliphatic rings. The molecule has 2 unspecified atom stereocenters. The Morgan fingerprint density at radius 2 is 2.11 bits per heavy atom. The molecule has 0 radical (unpaired) electrons. The van der Waals surface area contributed by atoms with Gasteiger partial charge >= 0.3 is 5.97 Å². The summed E-state index contributed by atoms with van der Waals surface area (Å²) < 4.78 is 4.85. The number of hydrogen-bond acceptors (Lipinski definition) is 3. The van der Waals surface area contributed by atoms with Gasteiger partial charge in [-0.1, -0.05) is 39.5 Å². The van der Waals surface area contributed by atoms with Crippen molar-refractivity contribution in [3.63, 3.8) is 0 Å². The Morgan fingerprint density at radius 3 is 2.58 bits per heavy atom. The van der Waals surface area contributed by atoms with Crippen LogP contribution in [0.25, 0.3) is 0 Å². The van der Waals surface area contributed by atoms with Crippen molar-refractivity contribution in [3.05, 3.63) is 24.2 Å². The summed E-state index contributed by atoms with van der Waals surface area (Å²) >= 11 is 0. The molecular weight excluding hydrogens is 244 g/mol. The van der Waals surface area contributed by atoms with Crippen molar-refractivity contribution in [1.82, 2.24) is 0 Å². The molecule has 0 aromatic carbocycles. The summed E-state index contributed by atoms with van der Waals surface area (Å²) in [5.41, 5.74) is 0.345. The zero-order valence-corrected chi connectivity index (χ0v) is 11.6. The highest BCUT2D eigenvalue weighted by Crippen LogP contribution is 2.24. The Kier molecular flexibility index (Phi) is 6.33. The Bertz CT molecular complexity index is 394. The first-order valence-electron chi connectivity index (χ1n) is 6.89. The Balaban J connectivity index is 2.72. The SMILES string of the molecule is CCCCC(CC)CC(C(=O)O)C(=O)c1ccoc1. The lowest BCUT2D eigenvalue weighted by atomic mass is 9.85. The Labute approximate surface area is 113 Å². The van der Waals surface area contributed by atoms with E-state index in [4.69, 9.17) is 4.42 Å². The number of carboxylic acids is 1. The van der Waals surface area contributed by atoms with E-state index in [1.807, 2.05) is 6.92 Å². The number of hydrogen-bond donors (Lipinski definition) is 1. The van der Waals surface area contributed by atoms with Crippen LogP contribution in [0.3, 0.4) is 0 Å². The number of rotatable bonds is 9. The van der Waals surface area contributed by atoms with Gasteiger partial charge in [0.15, 0.2) is 5.78 Å². The van der Waals surface area contributed by atoms with Gasteiger partial charge in [0.2, 0.25) is 0 Å². The van der Waals surface area contributed by atoms with E-state index in [0.717, 1.165) is 25.7 Å². The molecule has 0 spiro atoms. The number of carbonyl (C=O) groups is 2. The van der Waals surface area contributed by atoms with Gasteiger partial charge in [-0.05, 0) is 18.4 Å². The molecule has 0 amide bonds. The Hall–Kier alpha value is -1.58. The van der Waals surface area contributed by atoms with E-state index in [-0.39, 0.29) is 11.7 Å². The topological polar surface area (TPSA) is 67.5 Å². The smallest absolute Gasteiger partial charge is 0.314 e. The van der Waals surface area contributed by atoms with Crippen molar-refractivity contribution in [1.29, 1.82) is 0 Å². The molecule has 0 fully saturated rings. The largest absolute Gasteiger partial charge is 0.481 e. The molecule has 1 rings (SSSR count). The van der Waals surface area contributed by atoms with E-state index in [1.165, 1.54) is 18.6 Å². The van der Waals surface area contributed by atoms with Crippen LogP contribution in [0.15, 0.2) is 23.0 Å². The number of furan rings is 1. The molecule has 0 saturated carbocycles. The highest BCUT2D eigenvalue weighted by molar-refractivity contribution is 6.07. The molecule has 0 saturated heterocycles. The molecular formula is C15H22O4. The average Bonchev–Trinajstić information content (AvgIpc) is 2.92. The van der Waals surface area contributed by atoms with Crippen LogP contribution in [0.1, 0.15) is 56.3 Å². The quantitative estimate of drug-likeness (QED) is 0.545. The third-order valence-corrected chi connectivity index (χ3v) is 3.53. The molecule has 1 aromatic rings. The predicted octanol–water partition coefficient (Wildman–Crippen LogP) is 3.77. The number of aliphatic carboxylic acids is 1. The molecule has 106 valence electrons. The van der Waals surface area contributed by atoms with E-state index in [9.17, 15) is 14.7 Å². The molecule has 0 bridgehead atoms. The van der Waals surface area contributed by atoms with Crippen molar-refractivity contribution in [2.24, 2.45) is 11.8 Å². The lowest BCUT2D eigenvalue weighted by molar-refractivity contribution is -0.140. The maximum Gasteiger partial charge on any atom is 0.314 e. The van der Waals surface area contributed by atoms with Gasteiger partial charge in [0.25, 0.3) is 0 Å². The number of carbonyl (C=O) groups excluding carboxylic acids is 1. The van der Waals surface area contributed by atoms with Gasteiger partial charge in [-0.3, -0.25) is 9.59 Å². The van der Waals surface area contributed by atoms with Crippen LogP contribution in [-0.4, -0.2) is 16.9 Å². The molecule has 1 heterocycles. The summed E-state index contributed by atoms with van der Waals surface area (Å²) in [6.45, 7) is 4.15. The van der Waals surface area contributed by atoms with Crippen LogP contribution in [-0.2, 0) is 4.79 Å². The van der Waals surface area contributed by atoms with Crippen molar-refractivity contribution in [2.45, 2.75) is 46.0 Å². The van der Waals surface area contributed by atoms with Crippen LogP contribution in [0, 0.1) is 11.8 Å². The summed E-state index contributed by atoms with van der Waals surface area (Å²) in [4.78, 5) is 23.4. The third kappa shape index (κ3) is 4.54. The fourth-order valence-electron chi connectivity index (χ4n) is 2.24. The van der Waals surface area contributed by atoms with Gasteiger partial charge in [-0.25, -0.2) is 0 Å². The second-order valence-electron chi connectivity index (χ2n) is 4.92. The molecule has 19 heavy (non-hydrogen) atoms. The second-order valence-corrected chi connectivity index (χ2v) is 4.92. The van der Waals surface area contributed by atoms with Crippen LogP contribution in [0.5, 0.6) is 0 Å². The van der Waals surface area contributed by atoms with Gasteiger partial charge in [0.1, 0.15) is 12.2 Å². The summed E-state index contributed by atoms with van der Waals surface area (Å²) in [6, 6.07) is 1.52. The van der Waals surface area contributed by atoms with E-state index < -0.39 is 11.9 Å². The maximum atomic E-state index is 12.1. The number of carboxylic acid groups (broad SMARTS) is 1. The highest BCUT2D eigenvalue weighted by atomic mass is 16.4. The van der Waals surface area contributed by atoms with Gasteiger partial charge in [-0.15, -0.1) is 0 Å². The summed E-state index contributed by atoms with van der Waals surface area (Å²) in [5.74, 6) is -2.06. The van der Waals surface area contributed by atoms with Crippen LogP contribution in [0.4, 0.5) is 0 Å². The predicted molar refractivity (Wildman–Crippen MR) is 72.1 cm³/mol. The van der Waals surface area contributed by atoms with Gasteiger partial charge < -0.3 is 9.52 Å². The number of Topliss-reactive ketones (excluding diaryl/α,β-unsaturated/α-hetero) is 1. The molecule has 1 aromatic heterocycles. The summed E-state index contributed by atoms with van der Waals surface area (Å²) in [6.07, 6.45) is 7.16. The van der Waals surface area contributed by atoms with E-state index in [0.29, 0.717) is 12.0 Å². The molecule has 0 aliphatic carbocycles. The van der Waals surface area contributed by atoms with E-state index >= 15 is 0 Å². The van der Waals surface area contributed by atoms with E-state index in [1.54, 1.807) is 0 Å². The summed E-state index contributed by atoms with van der Waals surface area (Å²) in [5, 5.41) is 9.26. The zero-order chi connectivity index (χ0) is 14.3. The van der Waals surface area contributed by atoms with Crippen molar-refractivity contribution >= 4 is 11.8 Å². The molecule has 0 aliphatic heterocycles. The minimum absolute atomic E-state index is 0.289. The molecule has 2 atom stereocenters. The number of unbranched alkanes of at least 4 members (excludes halogenated alkanes) is 1. The molecule has 4 heteroatoms. The average molecular weight is 266 g/mol. The standard InChI is InChI=1S/C15H22O4/c1-3-5-6-11(4-2)9-13(15(17)18)14(16)12-7-8-19-10-12/h7-8,10-11,13H,3-6,9H2,1-2H3,(H,17,18). The summed E-state index contributed by atoms with van der Waals surface area (Å²) in [7, 11) is 0. The van der Waals surface area contributed by atoms with Crippen LogP contribution >= 0.6 is 0 Å². The Morgan fingerprint density at radius 1 is 1.37 bits per heavy atom. The van der Waals surface area contributed by atoms with Crippen molar-refractivity contribution in [2.75, 3.05) is 0 Å². The van der Waals surface area contributed by atoms with Gasteiger partial charge in [0, 0.05) is 0 Å². The monoisotopic (exact) mass is 266 g/mol. The lowest BCUT2D eigenvalue weighted by Crippen LogP contribution is -2.26. The minimum Gasteiger partial charge on any atom is -0.481 e. The fraction of sp³-hybridized carbons (Fsp3) is 0.600. The first kappa shape index (κ1) is 15.5. The van der Waals surface area contributed by atoms with Crippen LogP contribution < -0.4 is 0 Å². The van der Waals surface area contributed by atoms with Crippen molar-refractivity contribution in [3.8, 4) is 0 Å². The van der Waals surface area contributed by atoms with Crippen LogP contribution in [0.2, 0.25) is 0 Å². The minimum atomic E-state index is -1.04. The third-order valence-electron chi connectivity index (χ3n) is 3.53. The molecule has 1 N–H and O–H groups in total. The fourth-order valence-corrected chi connectivity index (χ4v) is 2.24. The maximum absolute atomic E-state index is 12.1. The number of ketones is 1. The van der Waals surface area contributed by atoms with Gasteiger partial charge in [-0.2, -0.15) is 0 Å². The second kappa shape index (κ2) is 7.77. The first-order valence-corrected chi connectivity index (χ1v) is 6.89. The highest BCUT2D eigenvalue weighted by Gasteiger charge is 2.30. The van der Waals surface area contributed by atoms with Crippen molar-refractivity contribution < 1.29 is 19.1 Å². The lowest BCUT2D eigenvalue weighted by Gasteiger charge is -2.18. The zero-order valence-electron chi connectivity index (χ0n) is 11.6. The normalized spacial score (nSPS) is 14.0. The molecule has 4 nitrogen and oxygen atoms in total. The first-order chi connectivity index (χ1) is 9.10. The van der Waals surface area contributed by atoms with E-state index in [2.05, 4.69) is 6.92 Å².